The first-order valence-electron chi connectivity index (χ1n) is 10.2. The van der Waals surface area contributed by atoms with E-state index in [-0.39, 0.29) is 31.0 Å². The van der Waals surface area contributed by atoms with Crippen LogP contribution in [0.15, 0.2) is 61.2 Å². The minimum absolute atomic E-state index is 0.185. The third-order valence-corrected chi connectivity index (χ3v) is 5.29. The average Bonchev–Trinajstić information content (AvgIpc) is 3.32. The lowest BCUT2D eigenvalue weighted by Gasteiger charge is -2.17. The second-order valence-corrected chi connectivity index (χ2v) is 7.81. The van der Waals surface area contributed by atoms with E-state index in [0.717, 1.165) is 22.2 Å². The Morgan fingerprint density at radius 1 is 0.806 bits per heavy atom. The van der Waals surface area contributed by atoms with Crippen molar-refractivity contribution in [2.45, 2.75) is 20.0 Å². The lowest BCUT2D eigenvalue weighted by atomic mass is 10.2. The molecule has 160 valence electrons. The topological polar surface area (TPSA) is 76.2 Å². The summed E-state index contributed by atoms with van der Waals surface area (Å²) in [6, 6.07) is 11.5. The van der Waals surface area contributed by atoms with Gasteiger partial charge in [-0.15, -0.1) is 0 Å². The monoisotopic (exact) mass is 418 g/mol. The van der Waals surface area contributed by atoms with Crippen molar-refractivity contribution in [2.24, 2.45) is 0 Å². The van der Waals surface area contributed by atoms with Crippen molar-refractivity contribution in [1.29, 1.82) is 0 Å². The van der Waals surface area contributed by atoms with Crippen LogP contribution in [0.1, 0.15) is 31.8 Å². The summed E-state index contributed by atoms with van der Waals surface area (Å²) >= 11 is 0. The Morgan fingerprint density at radius 3 is 1.68 bits per heavy atom. The minimum atomic E-state index is -0.344. The van der Waals surface area contributed by atoms with E-state index in [2.05, 4.69) is 22.8 Å². The van der Waals surface area contributed by atoms with Gasteiger partial charge in [0.2, 0.25) is 0 Å². The third kappa shape index (κ3) is 4.62. The highest BCUT2D eigenvalue weighted by Gasteiger charge is 2.14. The fourth-order valence-electron chi connectivity index (χ4n) is 3.63. The zero-order valence-corrected chi connectivity index (χ0v) is 17.9. The first kappa shape index (κ1) is 20.7. The fourth-order valence-corrected chi connectivity index (χ4v) is 3.63. The molecule has 2 amide bonds. The third-order valence-electron chi connectivity index (χ3n) is 5.29. The van der Waals surface area contributed by atoms with Crippen LogP contribution in [0, 0.1) is 13.8 Å². The maximum absolute atomic E-state index is 12.5. The summed E-state index contributed by atoms with van der Waals surface area (Å²) in [5.41, 5.74) is 5.49. The van der Waals surface area contributed by atoms with Gasteiger partial charge in [0, 0.05) is 56.0 Å². The highest BCUT2D eigenvalue weighted by Crippen LogP contribution is 2.12. The summed E-state index contributed by atoms with van der Waals surface area (Å²) in [7, 11) is 1.56. The summed E-state index contributed by atoms with van der Waals surface area (Å²) in [4.78, 5) is 25.1. The van der Waals surface area contributed by atoms with Crippen LogP contribution >= 0.6 is 0 Å². The zero-order chi connectivity index (χ0) is 22.0. The summed E-state index contributed by atoms with van der Waals surface area (Å²) in [6.07, 6.45) is 7.22. The maximum atomic E-state index is 12.5. The number of hydrogen-bond acceptors (Lipinski definition) is 3. The van der Waals surface area contributed by atoms with Crippen LogP contribution in [-0.4, -0.2) is 46.9 Å². The molecule has 0 aromatic carbocycles. The van der Waals surface area contributed by atoms with Gasteiger partial charge in [-0.25, -0.2) is 0 Å². The van der Waals surface area contributed by atoms with Gasteiger partial charge in [-0.2, -0.15) is 0 Å². The van der Waals surface area contributed by atoms with Crippen molar-refractivity contribution in [2.75, 3.05) is 20.2 Å². The number of carbonyl (C=O) groups excluding carboxylic acids is 2. The lowest BCUT2D eigenvalue weighted by Crippen LogP contribution is -2.41. The van der Waals surface area contributed by atoms with Crippen LogP contribution in [0.4, 0.5) is 0 Å². The molecule has 0 saturated heterocycles. The zero-order valence-electron chi connectivity index (χ0n) is 17.9. The van der Waals surface area contributed by atoms with Crippen molar-refractivity contribution in [3.05, 3.63) is 83.4 Å². The van der Waals surface area contributed by atoms with Crippen molar-refractivity contribution in [1.82, 2.24) is 19.4 Å². The summed E-state index contributed by atoms with van der Waals surface area (Å²) in [5.74, 6) is -0.370. The molecule has 2 N–H and O–H groups in total. The second-order valence-electron chi connectivity index (χ2n) is 7.81. The minimum Gasteiger partial charge on any atom is -0.378 e. The largest absolute Gasteiger partial charge is 0.378 e. The standard InChI is InChI=1S/C24H26N4O3/c1-16-8-20-6-4-18(14-27(20)12-16)23(29)25-10-22(31-3)11-26-24(30)19-5-7-21-9-17(2)13-28(21)15-19/h4-9,12-15,22H,10-11H2,1-3H3,(H,25,29)(H,26,30). The molecule has 0 aliphatic rings. The molecule has 0 spiro atoms. The Kier molecular flexibility index (Phi) is 5.77. The van der Waals surface area contributed by atoms with E-state index in [9.17, 15) is 9.59 Å². The molecule has 4 aromatic heterocycles. The molecule has 0 aliphatic heterocycles. The van der Waals surface area contributed by atoms with E-state index in [0.29, 0.717) is 11.1 Å². The predicted molar refractivity (Wildman–Crippen MR) is 120 cm³/mol. The summed E-state index contributed by atoms with van der Waals surface area (Å²) in [6.45, 7) is 4.60. The molecule has 31 heavy (non-hydrogen) atoms. The molecule has 7 nitrogen and oxygen atoms in total. The number of ether oxygens (including phenoxy) is 1. The number of methoxy groups -OCH3 is 1. The van der Waals surface area contributed by atoms with Crippen molar-refractivity contribution < 1.29 is 14.3 Å². The van der Waals surface area contributed by atoms with Gasteiger partial charge in [-0.1, -0.05) is 0 Å². The molecule has 4 aromatic rings. The number of aromatic nitrogens is 2. The van der Waals surface area contributed by atoms with Gasteiger partial charge >= 0.3 is 0 Å². The predicted octanol–water partition coefficient (Wildman–Crippen LogP) is 2.98. The molecule has 0 atom stereocenters. The van der Waals surface area contributed by atoms with E-state index in [1.54, 1.807) is 31.6 Å². The number of hydrogen-bond donors (Lipinski definition) is 2. The van der Waals surface area contributed by atoms with Gasteiger partial charge in [0.25, 0.3) is 11.8 Å². The SMILES string of the molecule is COC(CNC(=O)c1ccc2cc(C)cn2c1)CNC(=O)c1ccc2cc(C)cn2c1. The number of carbonyl (C=O) groups is 2. The number of fused-ring (bicyclic) bond motifs is 2. The van der Waals surface area contributed by atoms with Gasteiger partial charge in [0.1, 0.15) is 0 Å². The van der Waals surface area contributed by atoms with Crippen LogP contribution in [0.25, 0.3) is 11.0 Å². The Bertz CT molecular complexity index is 1160. The number of nitrogens with one attached hydrogen (secondary N) is 2. The molecule has 4 rings (SSSR count). The molecular weight excluding hydrogens is 392 g/mol. The number of amides is 2. The molecule has 0 unspecified atom stereocenters. The first-order chi connectivity index (χ1) is 14.9. The average molecular weight is 418 g/mol. The number of rotatable bonds is 7. The fraction of sp³-hybridized carbons (Fsp3) is 0.250. The Balaban J connectivity index is 1.32. The Hall–Kier alpha value is -3.58. The van der Waals surface area contributed by atoms with Gasteiger partial charge < -0.3 is 24.2 Å². The van der Waals surface area contributed by atoms with E-state index >= 15 is 0 Å². The molecule has 0 bridgehead atoms. The molecule has 0 aliphatic carbocycles. The van der Waals surface area contributed by atoms with E-state index in [1.807, 2.05) is 47.2 Å². The highest BCUT2D eigenvalue weighted by atomic mass is 16.5. The Morgan fingerprint density at radius 2 is 1.26 bits per heavy atom. The smallest absolute Gasteiger partial charge is 0.252 e. The Labute approximate surface area is 180 Å². The van der Waals surface area contributed by atoms with Crippen LogP contribution < -0.4 is 10.6 Å². The van der Waals surface area contributed by atoms with E-state index in [4.69, 9.17) is 4.74 Å². The quantitative estimate of drug-likeness (QED) is 0.484. The molecule has 0 fully saturated rings. The summed E-state index contributed by atoms with van der Waals surface area (Å²) in [5, 5.41) is 5.76. The van der Waals surface area contributed by atoms with Gasteiger partial charge in [-0.3, -0.25) is 9.59 Å². The first-order valence-corrected chi connectivity index (χ1v) is 10.2. The molecule has 0 radical (unpaired) electrons. The number of pyridine rings is 2. The molecule has 0 saturated carbocycles. The number of aryl methyl sites for hydroxylation is 2. The highest BCUT2D eigenvalue weighted by molar-refractivity contribution is 5.95. The van der Waals surface area contributed by atoms with Crippen molar-refractivity contribution >= 4 is 22.8 Å². The van der Waals surface area contributed by atoms with E-state index in [1.165, 1.54) is 0 Å². The molecular formula is C24H26N4O3. The van der Waals surface area contributed by atoms with Crippen LogP contribution in [0.2, 0.25) is 0 Å². The molecule has 4 heterocycles. The normalized spacial score (nSPS) is 11.4. The van der Waals surface area contributed by atoms with Gasteiger partial charge in [0.05, 0.1) is 17.2 Å². The van der Waals surface area contributed by atoms with Crippen molar-refractivity contribution in [3.63, 3.8) is 0 Å². The lowest BCUT2D eigenvalue weighted by molar-refractivity contribution is 0.0775. The van der Waals surface area contributed by atoms with Gasteiger partial charge in [-0.05, 0) is 61.4 Å². The van der Waals surface area contributed by atoms with Crippen molar-refractivity contribution in [3.8, 4) is 0 Å². The maximum Gasteiger partial charge on any atom is 0.252 e. The van der Waals surface area contributed by atoms with E-state index < -0.39 is 0 Å². The second kappa shape index (κ2) is 8.65. The van der Waals surface area contributed by atoms with Crippen LogP contribution in [-0.2, 0) is 4.74 Å². The van der Waals surface area contributed by atoms with Crippen LogP contribution in [0.3, 0.4) is 0 Å². The van der Waals surface area contributed by atoms with Gasteiger partial charge in [0.15, 0.2) is 0 Å². The summed E-state index contributed by atoms with van der Waals surface area (Å²) < 4.78 is 9.29. The molecule has 7 heteroatoms. The van der Waals surface area contributed by atoms with Crippen LogP contribution in [0.5, 0.6) is 0 Å². The number of nitrogens with zero attached hydrogens (tertiary/aromatic N) is 2.